The number of fused-ring (bicyclic) bond motifs is 1. The number of hydrogen-bond acceptors (Lipinski definition) is 8. The van der Waals surface area contributed by atoms with Crippen LogP contribution >= 0.6 is 0 Å². The summed E-state index contributed by atoms with van der Waals surface area (Å²) < 4.78 is 14.0. The van der Waals surface area contributed by atoms with E-state index < -0.39 is 0 Å². The van der Waals surface area contributed by atoms with Crippen LogP contribution in [0, 0.1) is 0 Å². The lowest BCUT2D eigenvalue weighted by Crippen LogP contribution is -2.44. The molecule has 10 heteroatoms. The summed E-state index contributed by atoms with van der Waals surface area (Å²) in [6, 6.07) is 7.97. The number of ether oxygens (including phenoxy) is 2. The highest BCUT2D eigenvalue weighted by Crippen LogP contribution is 2.37. The standard InChI is InChI=1S/C32H43N7O3/c1-32(2,3)23-17-22(20-39-15-13-37(5)14-16-39)29(41-7)24(19-23)35-30(40)25-18-21-9-8-10-26(28(21)38(25)6)42-27-11-12-34-31(33-4)36-27/h10-12,17-19H,8-9,13-16,20H2,1-7H3,(H,35,40)(H,33,34,36). The zero-order chi connectivity index (χ0) is 30.0. The van der Waals surface area contributed by atoms with Gasteiger partial charge in [0.1, 0.15) is 17.2 Å². The number of carbonyl (C=O) groups excluding carboxylic acids is 1. The van der Waals surface area contributed by atoms with E-state index in [2.05, 4.69) is 70.4 Å². The predicted molar refractivity (Wildman–Crippen MR) is 166 cm³/mol. The Morgan fingerprint density at radius 3 is 2.55 bits per heavy atom. The summed E-state index contributed by atoms with van der Waals surface area (Å²) in [4.78, 5) is 27.2. The lowest BCUT2D eigenvalue weighted by atomic mass is 9.85. The first kappa shape index (κ1) is 29.6. The first-order valence-corrected chi connectivity index (χ1v) is 14.6. The maximum atomic E-state index is 13.9. The Balaban J connectivity index is 1.44. The maximum absolute atomic E-state index is 13.9. The van der Waals surface area contributed by atoms with Crippen molar-refractivity contribution in [3.63, 3.8) is 0 Å². The molecule has 224 valence electrons. The van der Waals surface area contributed by atoms with Crippen LogP contribution in [0.3, 0.4) is 0 Å². The second-order valence-electron chi connectivity index (χ2n) is 12.1. The van der Waals surface area contributed by atoms with Crippen LogP contribution in [0.1, 0.15) is 60.1 Å². The third-order valence-electron chi connectivity index (χ3n) is 8.06. The topological polar surface area (TPSA) is 96.8 Å². The average molecular weight is 574 g/mol. The van der Waals surface area contributed by atoms with Crippen LogP contribution in [0.15, 0.2) is 36.5 Å². The van der Waals surface area contributed by atoms with Crippen LogP contribution in [0.2, 0.25) is 0 Å². The van der Waals surface area contributed by atoms with Crippen LogP contribution in [0.5, 0.6) is 11.6 Å². The number of piperazine rings is 1. The largest absolute Gasteiger partial charge is 0.494 e. The zero-order valence-corrected chi connectivity index (χ0v) is 25.9. The molecule has 5 rings (SSSR count). The third-order valence-corrected chi connectivity index (χ3v) is 8.06. The summed E-state index contributed by atoms with van der Waals surface area (Å²) in [6.07, 6.45) is 5.34. The molecule has 42 heavy (non-hydrogen) atoms. The molecule has 1 aliphatic carbocycles. The molecule has 1 amide bonds. The first-order chi connectivity index (χ1) is 20.1. The number of rotatable bonds is 8. The van der Waals surface area contributed by atoms with E-state index in [-0.39, 0.29) is 11.3 Å². The minimum absolute atomic E-state index is 0.0993. The molecular formula is C32H43N7O3. The molecule has 0 unspecified atom stereocenters. The summed E-state index contributed by atoms with van der Waals surface area (Å²) in [5.41, 5.74) is 5.32. The van der Waals surface area contributed by atoms with Gasteiger partial charge in [-0.15, -0.1) is 0 Å². The lowest BCUT2D eigenvalue weighted by Gasteiger charge is -2.33. The summed E-state index contributed by atoms with van der Waals surface area (Å²) in [6.45, 7) is 11.4. The molecule has 0 saturated carbocycles. The number of nitrogens with zero attached hydrogens (tertiary/aromatic N) is 5. The van der Waals surface area contributed by atoms with Gasteiger partial charge in [0.2, 0.25) is 11.8 Å². The van der Waals surface area contributed by atoms with Gasteiger partial charge in [0.15, 0.2) is 0 Å². The number of aromatic nitrogens is 3. The summed E-state index contributed by atoms with van der Waals surface area (Å²) in [5, 5.41) is 6.14. The smallest absolute Gasteiger partial charge is 0.272 e. The van der Waals surface area contributed by atoms with Crippen LogP contribution in [-0.2, 0) is 25.4 Å². The SMILES string of the molecule is CNc1nccc(OC2=CCCc3cc(C(=O)Nc4cc(C(C)(C)C)cc(CN5CCN(C)CC5)c4OC)n(C)c32)n1. The zero-order valence-electron chi connectivity index (χ0n) is 25.9. The van der Waals surface area contributed by atoms with Crippen LogP contribution in [0.25, 0.3) is 5.76 Å². The number of benzene rings is 1. The second-order valence-corrected chi connectivity index (χ2v) is 12.1. The van der Waals surface area contributed by atoms with Gasteiger partial charge < -0.3 is 29.6 Å². The van der Waals surface area contributed by atoms with Gasteiger partial charge in [0.25, 0.3) is 5.91 Å². The van der Waals surface area contributed by atoms with E-state index in [1.165, 1.54) is 0 Å². The number of likely N-dealkylation sites (N-methyl/N-ethyl adjacent to an activating group) is 1. The van der Waals surface area contributed by atoms with Crippen molar-refractivity contribution in [3.8, 4) is 11.6 Å². The van der Waals surface area contributed by atoms with Crippen LogP contribution in [-0.4, -0.2) is 77.6 Å². The molecule has 1 aliphatic heterocycles. The quantitative estimate of drug-likeness (QED) is 0.406. The molecule has 0 spiro atoms. The third kappa shape index (κ3) is 6.29. The van der Waals surface area contributed by atoms with Crippen LogP contribution in [0.4, 0.5) is 11.6 Å². The minimum atomic E-state index is -0.194. The Kier molecular flexibility index (Phi) is 8.56. The van der Waals surface area contributed by atoms with Gasteiger partial charge in [-0.2, -0.15) is 4.98 Å². The van der Waals surface area contributed by atoms with Crippen molar-refractivity contribution in [1.29, 1.82) is 0 Å². The molecule has 0 radical (unpaired) electrons. The summed E-state index contributed by atoms with van der Waals surface area (Å²) in [7, 11) is 7.50. The number of anilines is 2. The maximum Gasteiger partial charge on any atom is 0.272 e. The van der Waals surface area contributed by atoms with E-state index in [0.717, 1.165) is 67.9 Å². The van der Waals surface area contributed by atoms with Gasteiger partial charge in [-0.05, 0) is 54.6 Å². The summed E-state index contributed by atoms with van der Waals surface area (Å²) >= 11 is 0. The van der Waals surface area contributed by atoms with Gasteiger partial charge in [-0.25, -0.2) is 4.98 Å². The number of amides is 1. The van der Waals surface area contributed by atoms with E-state index in [4.69, 9.17) is 9.47 Å². The van der Waals surface area contributed by atoms with Crippen molar-refractivity contribution in [2.75, 3.05) is 58.0 Å². The number of aryl methyl sites for hydroxylation is 1. The Bertz CT molecular complexity index is 1480. The number of nitrogens with one attached hydrogen (secondary N) is 2. The lowest BCUT2D eigenvalue weighted by molar-refractivity contribution is 0.101. The second kappa shape index (κ2) is 12.1. The monoisotopic (exact) mass is 573 g/mol. The number of methoxy groups -OCH3 is 1. The van der Waals surface area contributed by atoms with Gasteiger partial charge >= 0.3 is 0 Å². The van der Waals surface area contributed by atoms with Crippen LogP contribution < -0.4 is 20.1 Å². The van der Waals surface area contributed by atoms with Gasteiger partial charge in [-0.3, -0.25) is 9.69 Å². The number of carbonyl (C=O) groups is 1. The van der Waals surface area contributed by atoms with Crippen molar-refractivity contribution in [2.24, 2.45) is 7.05 Å². The molecule has 1 fully saturated rings. The average Bonchev–Trinajstić information content (AvgIpc) is 3.31. The molecule has 10 nitrogen and oxygen atoms in total. The molecular weight excluding hydrogens is 530 g/mol. The van der Waals surface area contributed by atoms with Crippen molar-refractivity contribution in [3.05, 3.63) is 64.6 Å². The number of hydrogen-bond donors (Lipinski definition) is 2. The van der Waals surface area contributed by atoms with Crippen molar-refractivity contribution >= 4 is 23.3 Å². The van der Waals surface area contributed by atoms with Gasteiger partial charge in [0, 0.05) is 64.6 Å². The molecule has 3 aromatic rings. The molecule has 3 heterocycles. The fourth-order valence-corrected chi connectivity index (χ4v) is 5.58. The fraction of sp³-hybridized carbons (Fsp3) is 0.469. The van der Waals surface area contributed by atoms with Gasteiger partial charge in [0.05, 0.1) is 18.5 Å². The van der Waals surface area contributed by atoms with Crippen molar-refractivity contribution in [2.45, 2.75) is 45.6 Å². The molecule has 2 aliphatic rings. The minimum Gasteiger partial charge on any atom is -0.494 e. The number of allylic oxidation sites excluding steroid dienone is 1. The molecule has 1 aromatic carbocycles. The first-order valence-electron chi connectivity index (χ1n) is 14.6. The van der Waals surface area contributed by atoms with Gasteiger partial charge in [-0.1, -0.05) is 26.8 Å². The highest BCUT2D eigenvalue weighted by Gasteiger charge is 2.27. The van der Waals surface area contributed by atoms with E-state index in [0.29, 0.717) is 34.7 Å². The Hall–Kier alpha value is -3.89. The molecule has 2 aromatic heterocycles. The van der Waals surface area contributed by atoms with Crippen molar-refractivity contribution in [1.82, 2.24) is 24.3 Å². The van der Waals surface area contributed by atoms with E-state index >= 15 is 0 Å². The molecule has 2 N–H and O–H groups in total. The fourth-order valence-electron chi connectivity index (χ4n) is 5.58. The summed E-state index contributed by atoms with van der Waals surface area (Å²) in [5.74, 6) is 2.12. The van der Waals surface area contributed by atoms with Crippen molar-refractivity contribution < 1.29 is 14.3 Å². The molecule has 0 atom stereocenters. The van der Waals surface area contributed by atoms with E-state index in [9.17, 15) is 4.79 Å². The highest BCUT2D eigenvalue weighted by atomic mass is 16.5. The Morgan fingerprint density at radius 2 is 1.86 bits per heavy atom. The highest BCUT2D eigenvalue weighted by molar-refractivity contribution is 6.05. The van der Waals surface area contributed by atoms with E-state index in [1.54, 1.807) is 26.4 Å². The Morgan fingerprint density at radius 1 is 1.10 bits per heavy atom. The molecule has 0 bridgehead atoms. The Labute approximate surface area is 248 Å². The molecule has 1 saturated heterocycles. The predicted octanol–water partition coefficient (Wildman–Crippen LogP) is 4.53. The van der Waals surface area contributed by atoms with E-state index in [1.807, 2.05) is 23.8 Å². The normalized spacial score (nSPS) is 16.0.